The van der Waals surface area contributed by atoms with Crippen LogP contribution in [0.4, 0.5) is 0 Å². The average molecular weight is 355 g/mol. The fourth-order valence-electron chi connectivity index (χ4n) is 3.92. The molecule has 0 spiro atoms. The summed E-state index contributed by atoms with van der Waals surface area (Å²) in [7, 11) is -3.81. The monoisotopic (exact) mass is 355 g/mol. The van der Waals surface area contributed by atoms with Gasteiger partial charge >= 0.3 is 5.97 Å². The van der Waals surface area contributed by atoms with Gasteiger partial charge < -0.3 is 5.11 Å². The number of hydrogen-bond donors (Lipinski definition) is 1. The van der Waals surface area contributed by atoms with Crippen molar-refractivity contribution in [2.75, 3.05) is 6.26 Å². The minimum atomic E-state index is -3.81. The Morgan fingerprint density at radius 2 is 1.96 bits per heavy atom. The molecule has 7 heteroatoms. The molecule has 126 valence electrons. The van der Waals surface area contributed by atoms with Gasteiger partial charge in [0, 0.05) is 10.9 Å². The molecule has 0 amide bonds. The Morgan fingerprint density at radius 3 is 2.65 bits per heavy atom. The molecule has 2 fully saturated rings. The molecule has 2 aliphatic rings. The minimum Gasteiger partial charge on any atom is -0.480 e. The predicted octanol–water partition coefficient (Wildman–Crippen LogP) is 2.81. The third-order valence-electron chi connectivity index (χ3n) is 4.94. The fourth-order valence-corrected chi connectivity index (χ4v) is 6.92. The summed E-state index contributed by atoms with van der Waals surface area (Å²) in [5.74, 6) is -0.870. The number of hydrogen-bond acceptors (Lipinski definition) is 4. The number of carbonyl (C=O) groups is 1. The van der Waals surface area contributed by atoms with Crippen LogP contribution in [0.5, 0.6) is 0 Å². The number of sulfonamides is 1. The quantitative estimate of drug-likeness (QED) is 0.841. The molecule has 0 radical (unpaired) electrons. The Labute approximate surface area is 141 Å². The number of carboxylic acids is 1. The van der Waals surface area contributed by atoms with Gasteiger partial charge in [0.2, 0.25) is 10.0 Å². The molecule has 3 rings (SSSR count). The Balaban J connectivity index is 2.07. The van der Waals surface area contributed by atoms with E-state index in [1.807, 2.05) is 6.26 Å². The predicted molar refractivity (Wildman–Crippen MR) is 89.0 cm³/mol. The molecule has 1 aliphatic carbocycles. The van der Waals surface area contributed by atoms with Crippen LogP contribution in [0.15, 0.2) is 34.1 Å². The summed E-state index contributed by atoms with van der Waals surface area (Å²) in [6, 6.07) is 5.72. The number of nitrogens with zero attached hydrogens (tertiary/aromatic N) is 1. The van der Waals surface area contributed by atoms with Crippen molar-refractivity contribution < 1.29 is 18.3 Å². The van der Waals surface area contributed by atoms with E-state index in [0.717, 1.165) is 25.7 Å². The molecule has 0 bridgehead atoms. The maximum absolute atomic E-state index is 13.2. The maximum atomic E-state index is 13.2. The molecule has 1 N–H and O–H groups in total. The molecule has 3 atom stereocenters. The molecular weight excluding hydrogens is 334 g/mol. The van der Waals surface area contributed by atoms with Crippen LogP contribution >= 0.6 is 11.8 Å². The Hall–Kier alpha value is -1.05. The highest BCUT2D eigenvalue weighted by Crippen LogP contribution is 2.43. The standard InChI is InChI=1S/C16H21NO4S2/c1-22-14-8-4-5-9-15(14)23(20,21)17-12-7-3-2-6-11(12)10-13(17)16(18)19/h4-5,8-9,11-13H,2-3,6-7,10H2,1H3,(H,18,19). The summed E-state index contributed by atoms with van der Waals surface area (Å²) >= 11 is 1.37. The smallest absolute Gasteiger partial charge is 0.322 e. The Morgan fingerprint density at radius 1 is 1.26 bits per heavy atom. The van der Waals surface area contributed by atoms with Crippen LogP contribution in [-0.4, -0.2) is 42.1 Å². The van der Waals surface area contributed by atoms with E-state index in [4.69, 9.17) is 0 Å². The molecule has 1 saturated carbocycles. The lowest BCUT2D eigenvalue weighted by Crippen LogP contribution is -2.46. The highest BCUT2D eigenvalue weighted by atomic mass is 32.2. The van der Waals surface area contributed by atoms with Crippen LogP contribution in [0.2, 0.25) is 0 Å². The summed E-state index contributed by atoms with van der Waals surface area (Å²) in [5.41, 5.74) is 0. The molecule has 1 heterocycles. The highest BCUT2D eigenvalue weighted by Gasteiger charge is 2.51. The summed E-state index contributed by atoms with van der Waals surface area (Å²) in [6.45, 7) is 0. The molecule has 1 aromatic carbocycles. The molecule has 1 aromatic rings. The van der Waals surface area contributed by atoms with Gasteiger partial charge in [0.25, 0.3) is 0 Å². The SMILES string of the molecule is CSc1ccccc1S(=O)(=O)N1C(C(=O)O)CC2CCCCC21. The Kier molecular flexibility index (Phi) is 4.71. The van der Waals surface area contributed by atoms with Gasteiger partial charge in [-0.15, -0.1) is 11.8 Å². The lowest BCUT2D eigenvalue weighted by molar-refractivity contribution is -0.141. The molecule has 3 unspecified atom stereocenters. The van der Waals surface area contributed by atoms with Crippen molar-refractivity contribution >= 4 is 27.8 Å². The average Bonchev–Trinajstić information content (AvgIpc) is 2.95. The number of carboxylic acid groups (broad SMARTS) is 1. The van der Waals surface area contributed by atoms with Gasteiger partial charge in [-0.3, -0.25) is 4.79 Å². The third kappa shape index (κ3) is 2.90. The van der Waals surface area contributed by atoms with E-state index >= 15 is 0 Å². The van der Waals surface area contributed by atoms with Crippen LogP contribution in [-0.2, 0) is 14.8 Å². The van der Waals surface area contributed by atoms with Gasteiger partial charge in [-0.2, -0.15) is 4.31 Å². The Bertz CT molecular complexity index is 704. The van der Waals surface area contributed by atoms with E-state index in [0.29, 0.717) is 11.3 Å². The number of benzene rings is 1. The first-order valence-corrected chi connectivity index (χ1v) is 10.5. The first-order chi connectivity index (χ1) is 11.0. The normalized spacial score (nSPS) is 28.5. The van der Waals surface area contributed by atoms with Crippen molar-refractivity contribution in [1.82, 2.24) is 4.31 Å². The van der Waals surface area contributed by atoms with Crippen molar-refractivity contribution in [1.29, 1.82) is 0 Å². The van der Waals surface area contributed by atoms with Gasteiger partial charge in [-0.25, -0.2) is 8.42 Å². The van der Waals surface area contributed by atoms with Crippen molar-refractivity contribution in [2.45, 2.75) is 54.0 Å². The van der Waals surface area contributed by atoms with E-state index < -0.39 is 22.0 Å². The molecular formula is C16H21NO4S2. The summed E-state index contributed by atoms with van der Waals surface area (Å²) in [5, 5.41) is 9.56. The first-order valence-electron chi connectivity index (χ1n) is 7.86. The van der Waals surface area contributed by atoms with Crippen LogP contribution < -0.4 is 0 Å². The number of thioether (sulfide) groups is 1. The summed E-state index contributed by atoms with van der Waals surface area (Å²) in [6.07, 6.45) is 5.96. The number of fused-ring (bicyclic) bond motifs is 1. The second kappa shape index (κ2) is 6.45. The number of aliphatic carboxylic acids is 1. The van der Waals surface area contributed by atoms with Crippen LogP contribution in [0.25, 0.3) is 0 Å². The zero-order valence-electron chi connectivity index (χ0n) is 13.0. The number of rotatable bonds is 4. The second-order valence-corrected chi connectivity index (χ2v) is 8.85. The summed E-state index contributed by atoms with van der Waals surface area (Å²) in [4.78, 5) is 12.6. The molecule has 5 nitrogen and oxygen atoms in total. The summed E-state index contributed by atoms with van der Waals surface area (Å²) < 4.78 is 27.8. The topological polar surface area (TPSA) is 74.7 Å². The van der Waals surface area contributed by atoms with Gasteiger partial charge in [0.05, 0.1) is 4.90 Å². The molecule has 23 heavy (non-hydrogen) atoms. The van der Waals surface area contributed by atoms with Crippen LogP contribution in [0.3, 0.4) is 0 Å². The van der Waals surface area contributed by atoms with Gasteiger partial charge in [0.15, 0.2) is 0 Å². The largest absolute Gasteiger partial charge is 0.480 e. The van der Waals surface area contributed by atoms with E-state index in [9.17, 15) is 18.3 Å². The van der Waals surface area contributed by atoms with Crippen molar-refractivity contribution in [2.24, 2.45) is 5.92 Å². The van der Waals surface area contributed by atoms with Crippen molar-refractivity contribution in [3.63, 3.8) is 0 Å². The first kappa shape index (κ1) is 16.8. The van der Waals surface area contributed by atoms with Gasteiger partial charge in [-0.1, -0.05) is 25.0 Å². The zero-order valence-corrected chi connectivity index (χ0v) is 14.6. The lowest BCUT2D eigenvalue weighted by Gasteiger charge is -2.32. The van der Waals surface area contributed by atoms with Crippen LogP contribution in [0, 0.1) is 5.92 Å². The lowest BCUT2D eigenvalue weighted by atomic mass is 9.85. The van der Waals surface area contributed by atoms with E-state index in [-0.39, 0.29) is 16.9 Å². The molecule has 1 aliphatic heterocycles. The van der Waals surface area contributed by atoms with E-state index in [1.165, 1.54) is 16.1 Å². The van der Waals surface area contributed by atoms with Crippen LogP contribution in [0.1, 0.15) is 32.1 Å². The van der Waals surface area contributed by atoms with E-state index in [2.05, 4.69) is 0 Å². The molecule has 0 aromatic heterocycles. The zero-order chi connectivity index (χ0) is 16.6. The van der Waals surface area contributed by atoms with Gasteiger partial charge in [0.1, 0.15) is 6.04 Å². The fraction of sp³-hybridized carbons (Fsp3) is 0.562. The van der Waals surface area contributed by atoms with Gasteiger partial charge in [-0.05, 0) is 43.6 Å². The maximum Gasteiger partial charge on any atom is 0.322 e. The minimum absolute atomic E-state index is 0.168. The van der Waals surface area contributed by atoms with E-state index in [1.54, 1.807) is 24.3 Å². The highest BCUT2D eigenvalue weighted by molar-refractivity contribution is 7.99. The molecule has 1 saturated heterocycles. The van der Waals surface area contributed by atoms with Crippen molar-refractivity contribution in [3.05, 3.63) is 24.3 Å². The third-order valence-corrected chi connectivity index (χ3v) is 7.86. The second-order valence-electron chi connectivity index (χ2n) is 6.19. The van der Waals surface area contributed by atoms with Crippen molar-refractivity contribution in [3.8, 4) is 0 Å².